The van der Waals surface area contributed by atoms with Crippen LogP contribution >= 0.6 is 0 Å². The number of likely N-dealkylation sites (N-methyl/N-ethyl adjacent to an activating group) is 1. The molecular formula is C23H18N4O. The Morgan fingerprint density at radius 1 is 1.00 bits per heavy atom. The van der Waals surface area contributed by atoms with Crippen molar-refractivity contribution in [2.45, 2.75) is 12.6 Å². The number of aromatic nitrogens is 2. The molecule has 3 heterocycles. The lowest BCUT2D eigenvalue weighted by molar-refractivity contribution is -0.122. The highest BCUT2D eigenvalue weighted by molar-refractivity contribution is 6.11. The minimum Gasteiger partial charge on any atom is -0.350 e. The molecule has 28 heavy (non-hydrogen) atoms. The number of carbonyl (C=O) groups is 1. The van der Waals surface area contributed by atoms with Gasteiger partial charge in [-0.3, -0.25) is 9.36 Å². The van der Waals surface area contributed by atoms with E-state index >= 15 is 0 Å². The average molecular weight is 366 g/mol. The van der Waals surface area contributed by atoms with Crippen LogP contribution in [0.2, 0.25) is 0 Å². The number of para-hydroxylation sites is 3. The number of amides is 1. The zero-order chi connectivity index (χ0) is 19.0. The molecular weight excluding hydrogens is 348 g/mol. The maximum absolute atomic E-state index is 13.8. The molecule has 136 valence electrons. The molecule has 3 aromatic carbocycles. The fourth-order valence-electron chi connectivity index (χ4n) is 4.62. The second-order valence-electron chi connectivity index (χ2n) is 7.53. The van der Waals surface area contributed by atoms with Crippen LogP contribution in [0.4, 0.5) is 11.4 Å². The van der Waals surface area contributed by atoms with E-state index < -0.39 is 5.66 Å². The van der Waals surface area contributed by atoms with Crippen LogP contribution in [0.15, 0.2) is 66.7 Å². The van der Waals surface area contributed by atoms with Crippen molar-refractivity contribution in [3.8, 4) is 11.4 Å². The molecule has 5 nitrogen and oxygen atoms in total. The van der Waals surface area contributed by atoms with Gasteiger partial charge in [0.2, 0.25) is 5.66 Å². The number of nitrogens with zero attached hydrogens (tertiary/aromatic N) is 3. The van der Waals surface area contributed by atoms with Gasteiger partial charge >= 0.3 is 0 Å². The molecule has 0 fully saturated rings. The summed E-state index contributed by atoms with van der Waals surface area (Å²) in [4.78, 5) is 20.4. The van der Waals surface area contributed by atoms with Gasteiger partial charge in [-0.2, -0.15) is 0 Å². The summed E-state index contributed by atoms with van der Waals surface area (Å²) in [7, 11) is 1.84. The fraction of sp³-hybridized carbons (Fsp3) is 0.130. The monoisotopic (exact) mass is 366 g/mol. The van der Waals surface area contributed by atoms with Gasteiger partial charge in [-0.15, -0.1) is 0 Å². The van der Waals surface area contributed by atoms with Crippen molar-refractivity contribution in [1.82, 2.24) is 9.55 Å². The Labute approximate surface area is 162 Å². The van der Waals surface area contributed by atoms with Gasteiger partial charge in [0, 0.05) is 23.9 Å². The van der Waals surface area contributed by atoms with E-state index in [0.717, 1.165) is 44.9 Å². The molecule has 1 amide bonds. The van der Waals surface area contributed by atoms with E-state index in [4.69, 9.17) is 4.98 Å². The first-order valence-corrected chi connectivity index (χ1v) is 9.36. The summed E-state index contributed by atoms with van der Waals surface area (Å²) in [6.07, 6.45) is 0. The maximum Gasteiger partial charge on any atom is 0.278 e. The van der Waals surface area contributed by atoms with Crippen molar-refractivity contribution in [1.29, 1.82) is 0 Å². The number of fused-ring (bicyclic) bond motifs is 8. The van der Waals surface area contributed by atoms with Crippen LogP contribution in [0.3, 0.4) is 0 Å². The van der Waals surface area contributed by atoms with Crippen LogP contribution in [-0.2, 0) is 10.5 Å². The van der Waals surface area contributed by atoms with E-state index in [1.54, 1.807) is 4.90 Å². The Hall–Kier alpha value is -3.60. The maximum atomic E-state index is 13.8. The van der Waals surface area contributed by atoms with Gasteiger partial charge in [0.15, 0.2) is 0 Å². The predicted molar refractivity (Wildman–Crippen MR) is 110 cm³/mol. The van der Waals surface area contributed by atoms with Crippen molar-refractivity contribution < 1.29 is 4.79 Å². The summed E-state index contributed by atoms with van der Waals surface area (Å²) in [5, 5.41) is 3.60. The van der Waals surface area contributed by atoms with Crippen molar-refractivity contribution in [3.05, 3.63) is 77.9 Å². The number of carbonyl (C=O) groups excluding carboxylic acids is 1. The summed E-state index contributed by atoms with van der Waals surface area (Å²) < 4.78 is 2.08. The number of nitrogens with one attached hydrogen (secondary N) is 1. The van der Waals surface area contributed by atoms with E-state index in [-0.39, 0.29) is 5.91 Å². The molecule has 2 aliphatic rings. The van der Waals surface area contributed by atoms with Gasteiger partial charge in [0.05, 0.1) is 16.7 Å². The molecule has 0 saturated carbocycles. The zero-order valence-electron chi connectivity index (χ0n) is 15.6. The van der Waals surface area contributed by atoms with E-state index in [1.165, 1.54) is 0 Å². The average Bonchev–Trinajstić information content (AvgIpc) is 3.20. The molecule has 0 radical (unpaired) electrons. The number of hydrogen-bond donors (Lipinski definition) is 1. The highest BCUT2D eigenvalue weighted by Crippen LogP contribution is 2.50. The number of hydrogen-bond acceptors (Lipinski definition) is 3. The van der Waals surface area contributed by atoms with Crippen LogP contribution in [-0.4, -0.2) is 22.5 Å². The molecule has 0 bridgehead atoms. The first kappa shape index (κ1) is 15.5. The van der Waals surface area contributed by atoms with Gasteiger partial charge < -0.3 is 10.2 Å². The molecule has 0 unspecified atom stereocenters. The Kier molecular flexibility index (Phi) is 2.77. The Bertz CT molecular complexity index is 1310. The Morgan fingerprint density at radius 2 is 1.79 bits per heavy atom. The number of imidazole rings is 1. The molecule has 1 spiro atoms. The molecule has 0 saturated heterocycles. The third-order valence-electron chi connectivity index (χ3n) is 5.90. The largest absolute Gasteiger partial charge is 0.350 e. The number of aryl methyl sites for hydroxylation is 1. The minimum absolute atomic E-state index is 0.00740. The molecule has 0 aliphatic carbocycles. The lowest BCUT2D eigenvalue weighted by Crippen LogP contribution is -2.52. The van der Waals surface area contributed by atoms with Crippen LogP contribution in [0, 0.1) is 6.92 Å². The van der Waals surface area contributed by atoms with E-state index in [1.807, 2.05) is 67.7 Å². The number of rotatable bonds is 0. The highest BCUT2D eigenvalue weighted by Gasteiger charge is 2.55. The number of benzene rings is 3. The summed E-state index contributed by atoms with van der Waals surface area (Å²) in [5.74, 6) is 0.804. The Morgan fingerprint density at radius 3 is 2.68 bits per heavy atom. The smallest absolute Gasteiger partial charge is 0.278 e. The molecule has 1 N–H and O–H groups in total. The van der Waals surface area contributed by atoms with Crippen LogP contribution in [0.1, 0.15) is 11.1 Å². The third kappa shape index (κ3) is 1.67. The Balaban J connectivity index is 1.81. The van der Waals surface area contributed by atoms with Crippen molar-refractivity contribution in [2.24, 2.45) is 0 Å². The fourth-order valence-corrected chi connectivity index (χ4v) is 4.62. The number of anilines is 2. The van der Waals surface area contributed by atoms with Gasteiger partial charge in [-0.05, 0) is 43.3 Å². The summed E-state index contributed by atoms with van der Waals surface area (Å²) in [6, 6.07) is 22.2. The highest BCUT2D eigenvalue weighted by atomic mass is 16.2. The van der Waals surface area contributed by atoms with Crippen LogP contribution < -0.4 is 10.2 Å². The van der Waals surface area contributed by atoms with E-state index in [9.17, 15) is 4.79 Å². The molecule has 5 heteroatoms. The van der Waals surface area contributed by atoms with Crippen LogP contribution in [0.5, 0.6) is 0 Å². The van der Waals surface area contributed by atoms with Gasteiger partial charge in [0.1, 0.15) is 5.82 Å². The van der Waals surface area contributed by atoms with Crippen molar-refractivity contribution in [3.63, 3.8) is 0 Å². The predicted octanol–water partition coefficient (Wildman–Crippen LogP) is 4.11. The van der Waals surface area contributed by atoms with Crippen molar-refractivity contribution >= 4 is 28.3 Å². The molecule has 2 aliphatic heterocycles. The summed E-state index contributed by atoms with van der Waals surface area (Å²) in [5.41, 5.74) is 5.69. The van der Waals surface area contributed by atoms with Gasteiger partial charge in [0.25, 0.3) is 5.91 Å². The first-order valence-electron chi connectivity index (χ1n) is 9.36. The molecule has 4 aromatic rings. The topological polar surface area (TPSA) is 50.2 Å². The normalized spacial score (nSPS) is 19.5. The van der Waals surface area contributed by atoms with Gasteiger partial charge in [-0.25, -0.2) is 4.98 Å². The van der Waals surface area contributed by atoms with E-state index in [0.29, 0.717) is 0 Å². The second kappa shape index (κ2) is 5.01. The first-order chi connectivity index (χ1) is 13.6. The second-order valence-corrected chi connectivity index (χ2v) is 7.53. The minimum atomic E-state index is -1.05. The lowest BCUT2D eigenvalue weighted by atomic mass is 9.94. The lowest BCUT2D eigenvalue weighted by Gasteiger charge is -2.38. The summed E-state index contributed by atoms with van der Waals surface area (Å²) >= 11 is 0. The van der Waals surface area contributed by atoms with Crippen LogP contribution in [0.25, 0.3) is 22.4 Å². The van der Waals surface area contributed by atoms with E-state index in [2.05, 4.69) is 22.9 Å². The van der Waals surface area contributed by atoms with Gasteiger partial charge in [-0.1, -0.05) is 35.9 Å². The summed E-state index contributed by atoms with van der Waals surface area (Å²) in [6.45, 7) is 2.06. The third-order valence-corrected chi connectivity index (χ3v) is 5.90. The molecule has 6 rings (SSSR count). The molecule has 1 aromatic heterocycles. The van der Waals surface area contributed by atoms with Crippen molar-refractivity contribution in [2.75, 3.05) is 17.3 Å². The quantitative estimate of drug-likeness (QED) is 0.509. The standard InChI is InChI=1S/C23H18N4O/c1-14-11-12-19-16(13-14)23(22(28)26(19)2)25-17-8-4-3-7-15(17)21-24-18-9-5-6-10-20(18)27(21)23/h3-13,25H,1-2H3/t23-/m0/s1. The zero-order valence-corrected chi connectivity index (χ0v) is 15.6. The molecule has 1 atom stereocenters. The SMILES string of the molecule is Cc1ccc2c(c1)[C@@]1(Nc3ccccc3-c3nc4ccccc4n31)C(=O)N2C.